The van der Waals surface area contributed by atoms with Gasteiger partial charge in [0.05, 0.1) is 6.10 Å². The molecule has 1 aromatic carbocycles. The molecule has 118 valence electrons. The Morgan fingerprint density at radius 2 is 2.14 bits per heavy atom. The van der Waals surface area contributed by atoms with Crippen LogP contribution in [0.4, 0.5) is 4.39 Å². The first kappa shape index (κ1) is 17.7. The molecule has 3 N–H and O–H groups in total. The highest BCUT2D eigenvalue weighted by Crippen LogP contribution is 2.13. The number of halogens is 2. The number of carbonyl (C=O) groups is 1. The van der Waals surface area contributed by atoms with E-state index in [1.165, 1.54) is 24.3 Å². The zero-order valence-corrected chi connectivity index (χ0v) is 12.5. The Hall–Kier alpha value is -1.37. The standard InChI is InChI=1S/C14H19FN2O3.ClH/c1-9(20-12-4-2-11(15)3-5-12)14(19)17-7-10-6-16-8-13(10)18;/h2-5,9-10,13,16,18H,6-8H2,1H3,(H,17,19);1H. The average Bonchev–Trinajstić information content (AvgIpc) is 2.84. The molecule has 3 atom stereocenters. The molecule has 5 nitrogen and oxygen atoms in total. The molecule has 1 saturated heterocycles. The molecule has 0 spiro atoms. The van der Waals surface area contributed by atoms with Crippen LogP contribution < -0.4 is 15.4 Å². The minimum atomic E-state index is -0.674. The smallest absolute Gasteiger partial charge is 0.260 e. The minimum absolute atomic E-state index is 0. The first-order valence-corrected chi connectivity index (χ1v) is 6.65. The fourth-order valence-corrected chi connectivity index (χ4v) is 2.07. The first-order chi connectivity index (χ1) is 9.56. The van der Waals surface area contributed by atoms with Crippen LogP contribution in [0.2, 0.25) is 0 Å². The number of nitrogens with one attached hydrogen (secondary N) is 2. The predicted octanol–water partition coefficient (Wildman–Crippen LogP) is 0.711. The van der Waals surface area contributed by atoms with E-state index >= 15 is 0 Å². The molecule has 7 heteroatoms. The second-order valence-electron chi connectivity index (χ2n) is 4.94. The summed E-state index contributed by atoms with van der Waals surface area (Å²) in [6.45, 7) is 3.28. The minimum Gasteiger partial charge on any atom is -0.481 e. The van der Waals surface area contributed by atoms with Crippen molar-refractivity contribution < 1.29 is 19.0 Å². The van der Waals surface area contributed by atoms with Crippen LogP contribution in [0.5, 0.6) is 5.75 Å². The van der Waals surface area contributed by atoms with Crippen molar-refractivity contribution >= 4 is 18.3 Å². The largest absolute Gasteiger partial charge is 0.481 e. The molecule has 21 heavy (non-hydrogen) atoms. The molecular weight excluding hydrogens is 299 g/mol. The van der Waals surface area contributed by atoms with Gasteiger partial charge in [0.15, 0.2) is 6.10 Å². The lowest BCUT2D eigenvalue weighted by molar-refractivity contribution is -0.127. The molecule has 1 aliphatic rings. The fourth-order valence-electron chi connectivity index (χ4n) is 2.07. The summed E-state index contributed by atoms with van der Waals surface area (Å²) in [4.78, 5) is 11.9. The number of carbonyl (C=O) groups excluding carboxylic acids is 1. The lowest BCUT2D eigenvalue weighted by Crippen LogP contribution is -2.41. The van der Waals surface area contributed by atoms with E-state index in [1.807, 2.05) is 0 Å². The number of hydrogen-bond donors (Lipinski definition) is 3. The van der Waals surface area contributed by atoms with E-state index in [0.717, 1.165) is 0 Å². The Morgan fingerprint density at radius 3 is 2.71 bits per heavy atom. The molecule has 0 bridgehead atoms. The van der Waals surface area contributed by atoms with Gasteiger partial charge in [-0.05, 0) is 31.2 Å². The topological polar surface area (TPSA) is 70.6 Å². The van der Waals surface area contributed by atoms with Crippen LogP contribution in [0.15, 0.2) is 24.3 Å². The average molecular weight is 319 g/mol. The van der Waals surface area contributed by atoms with Crippen LogP contribution in [0.25, 0.3) is 0 Å². The van der Waals surface area contributed by atoms with Crippen molar-refractivity contribution in [2.24, 2.45) is 5.92 Å². The van der Waals surface area contributed by atoms with Gasteiger partial charge in [-0.15, -0.1) is 12.4 Å². The van der Waals surface area contributed by atoms with Gasteiger partial charge in [0.2, 0.25) is 0 Å². The Bertz CT molecular complexity index is 458. The van der Waals surface area contributed by atoms with E-state index in [0.29, 0.717) is 25.4 Å². The first-order valence-electron chi connectivity index (χ1n) is 6.65. The monoisotopic (exact) mass is 318 g/mol. The highest BCUT2D eigenvalue weighted by molar-refractivity contribution is 5.85. The predicted molar refractivity (Wildman–Crippen MR) is 79.1 cm³/mol. The van der Waals surface area contributed by atoms with Gasteiger partial charge in [-0.2, -0.15) is 0 Å². The Balaban J connectivity index is 0.00000220. The highest BCUT2D eigenvalue weighted by atomic mass is 35.5. The van der Waals surface area contributed by atoms with Crippen LogP contribution in [-0.2, 0) is 4.79 Å². The maximum Gasteiger partial charge on any atom is 0.260 e. The quantitative estimate of drug-likeness (QED) is 0.748. The van der Waals surface area contributed by atoms with Crippen molar-refractivity contribution in [2.75, 3.05) is 19.6 Å². The van der Waals surface area contributed by atoms with E-state index in [2.05, 4.69) is 10.6 Å². The van der Waals surface area contributed by atoms with E-state index in [-0.39, 0.29) is 30.0 Å². The number of amides is 1. The number of β-amino-alcohol motifs (C(OH)–C–C–N with tert-alkyl or cyclic N) is 1. The highest BCUT2D eigenvalue weighted by Gasteiger charge is 2.26. The third kappa shape index (κ3) is 5.15. The van der Waals surface area contributed by atoms with Gasteiger partial charge in [-0.3, -0.25) is 4.79 Å². The molecule has 1 aliphatic heterocycles. The number of benzene rings is 1. The molecule has 1 amide bonds. The third-order valence-electron chi connectivity index (χ3n) is 3.34. The van der Waals surface area contributed by atoms with Crippen molar-refractivity contribution in [3.63, 3.8) is 0 Å². The van der Waals surface area contributed by atoms with Crippen LogP contribution in [0, 0.1) is 11.7 Å². The van der Waals surface area contributed by atoms with Crippen molar-refractivity contribution in [2.45, 2.75) is 19.1 Å². The van der Waals surface area contributed by atoms with Gasteiger partial charge < -0.3 is 20.5 Å². The second-order valence-corrected chi connectivity index (χ2v) is 4.94. The lowest BCUT2D eigenvalue weighted by atomic mass is 10.1. The summed E-state index contributed by atoms with van der Waals surface area (Å²) in [6.07, 6.45) is -1.10. The summed E-state index contributed by atoms with van der Waals surface area (Å²) in [5.74, 6) is -0.140. The lowest BCUT2D eigenvalue weighted by Gasteiger charge is -2.18. The normalized spacial score (nSPS) is 22.2. The van der Waals surface area contributed by atoms with Crippen LogP contribution >= 0.6 is 12.4 Å². The van der Waals surface area contributed by atoms with Gasteiger partial charge in [0.25, 0.3) is 5.91 Å². The molecule has 0 aliphatic carbocycles. The molecular formula is C14H20ClFN2O3. The Labute approximate surface area is 129 Å². The zero-order chi connectivity index (χ0) is 14.5. The zero-order valence-electron chi connectivity index (χ0n) is 11.7. The van der Waals surface area contributed by atoms with E-state index in [9.17, 15) is 14.3 Å². The molecule has 1 heterocycles. The summed E-state index contributed by atoms with van der Waals surface area (Å²) in [5.41, 5.74) is 0. The molecule has 0 aromatic heterocycles. The Kier molecular flexibility index (Phi) is 6.87. The van der Waals surface area contributed by atoms with E-state index in [4.69, 9.17) is 4.74 Å². The van der Waals surface area contributed by atoms with Gasteiger partial charge in [-0.1, -0.05) is 0 Å². The van der Waals surface area contributed by atoms with Crippen LogP contribution in [0.3, 0.4) is 0 Å². The number of aliphatic hydroxyl groups is 1. The Morgan fingerprint density at radius 1 is 1.48 bits per heavy atom. The molecule has 1 aromatic rings. The van der Waals surface area contributed by atoms with E-state index in [1.54, 1.807) is 6.92 Å². The molecule has 3 unspecified atom stereocenters. The van der Waals surface area contributed by atoms with Gasteiger partial charge in [-0.25, -0.2) is 4.39 Å². The maximum atomic E-state index is 12.7. The number of hydrogen-bond acceptors (Lipinski definition) is 4. The maximum absolute atomic E-state index is 12.7. The summed E-state index contributed by atoms with van der Waals surface area (Å²) >= 11 is 0. The third-order valence-corrected chi connectivity index (χ3v) is 3.34. The van der Waals surface area contributed by atoms with Crippen molar-refractivity contribution in [1.82, 2.24) is 10.6 Å². The van der Waals surface area contributed by atoms with Crippen LogP contribution in [-0.4, -0.2) is 42.9 Å². The van der Waals surface area contributed by atoms with Gasteiger partial charge in [0, 0.05) is 25.6 Å². The number of ether oxygens (including phenoxy) is 1. The number of rotatable bonds is 5. The number of aliphatic hydroxyl groups excluding tert-OH is 1. The molecule has 0 radical (unpaired) electrons. The molecule has 0 saturated carbocycles. The summed E-state index contributed by atoms with van der Waals surface area (Å²) in [6, 6.07) is 5.51. The van der Waals surface area contributed by atoms with E-state index < -0.39 is 12.2 Å². The van der Waals surface area contributed by atoms with Crippen molar-refractivity contribution in [3.05, 3.63) is 30.1 Å². The summed E-state index contributed by atoms with van der Waals surface area (Å²) in [7, 11) is 0. The van der Waals surface area contributed by atoms with Crippen LogP contribution in [0.1, 0.15) is 6.92 Å². The molecule has 2 rings (SSSR count). The van der Waals surface area contributed by atoms with Gasteiger partial charge in [0.1, 0.15) is 11.6 Å². The SMILES string of the molecule is CC(Oc1ccc(F)cc1)C(=O)NCC1CNCC1O.Cl. The summed E-state index contributed by atoms with van der Waals surface area (Å²) in [5, 5.41) is 15.4. The fraction of sp³-hybridized carbons (Fsp3) is 0.500. The van der Waals surface area contributed by atoms with Crippen molar-refractivity contribution in [3.8, 4) is 5.75 Å². The molecule has 1 fully saturated rings. The van der Waals surface area contributed by atoms with Crippen molar-refractivity contribution in [1.29, 1.82) is 0 Å². The summed E-state index contributed by atoms with van der Waals surface area (Å²) < 4.78 is 18.2. The van der Waals surface area contributed by atoms with Gasteiger partial charge >= 0.3 is 0 Å². The second kappa shape index (κ2) is 8.17.